The van der Waals surface area contributed by atoms with Crippen molar-refractivity contribution in [2.75, 3.05) is 38.6 Å². The Morgan fingerprint density at radius 3 is 2.39 bits per heavy atom. The van der Waals surface area contributed by atoms with Gasteiger partial charge in [0, 0.05) is 44.0 Å². The van der Waals surface area contributed by atoms with Gasteiger partial charge in [-0.15, -0.1) is 0 Å². The Morgan fingerprint density at radius 2 is 1.74 bits per heavy atom. The molecule has 6 nitrogen and oxygen atoms in total. The van der Waals surface area contributed by atoms with E-state index in [1.165, 1.54) is 7.11 Å². The van der Waals surface area contributed by atoms with Gasteiger partial charge < -0.3 is 19.9 Å². The van der Waals surface area contributed by atoms with Crippen LogP contribution in [0.25, 0.3) is 0 Å². The number of methoxy groups -OCH3 is 1. The molecule has 0 saturated carbocycles. The molecule has 3 amide bonds. The first-order valence-electron chi connectivity index (χ1n) is 7.64. The zero-order valence-corrected chi connectivity index (χ0v) is 14.2. The Morgan fingerprint density at radius 1 is 1.13 bits per heavy atom. The largest absolute Gasteiger partial charge is 0.372 e. The Labute approximate surface area is 141 Å². The number of ether oxygens (including phenoxy) is 1. The molecule has 2 rings (SSSR count). The fourth-order valence-corrected chi connectivity index (χ4v) is 2.56. The maximum absolute atomic E-state index is 12.3. The maximum Gasteiger partial charge on any atom is 0.321 e. The summed E-state index contributed by atoms with van der Waals surface area (Å²) < 4.78 is 5.07. The van der Waals surface area contributed by atoms with Gasteiger partial charge in [0.15, 0.2) is 0 Å². The average Bonchev–Trinajstić information content (AvgIpc) is 2.81. The quantitative estimate of drug-likeness (QED) is 0.920. The van der Waals surface area contributed by atoms with Crippen LogP contribution in [-0.4, -0.2) is 61.1 Å². The molecule has 0 unspecified atom stereocenters. The molecule has 0 aliphatic carbocycles. The molecular weight excluding hydrogens is 318 g/mol. The normalized spacial score (nSPS) is 16.7. The predicted octanol–water partition coefficient (Wildman–Crippen LogP) is 2.44. The third-order valence-corrected chi connectivity index (χ3v) is 4.14. The summed E-state index contributed by atoms with van der Waals surface area (Å²) in [5, 5.41) is 3.47. The number of anilines is 1. The van der Waals surface area contributed by atoms with Crippen molar-refractivity contribution in [3.8, 4) is 0 Å². The summed E-state index contributed by atoms with van der Waals surface area (Å²) in [6.07, 6.45) is 0.292. The van der Waals surface area contributed by atoms with Crippen LogP contribution in [-0.2, 0) is 9.53 Å². The standard InChI is InChI=1S/C16H22ClN3O3/c1-12(23-2)15(21)19-8-3-9-20(11-10-19)16(22)18-14-6-4-13(17)5-7-14/h4-7,12H,3,8-11H2,1-2H3,(H,18,22)/t12-/m1/s1. The van der Waals surface area contributed by atoms with E-state index in [2.05, 4.69) is 5.32 Å². The van der Waals surface area contributed by atoms with Gasteiger partial charge in [0.25, 0.3) is 5.91 Å². The van der Waals surface area contributed by atoms with E-state index in [0.717, 1.165) is 6.42 Å². The van der Waals surface area contributed by atoms with Crippen LogP contribution in [0.1, 0.15) is 13.3 Å². The fourth-order valence-electron chi connectivity index (χ4n) is 2.43. The zero-order valence-electron chi connectivity index (χ0n) is 13.4. The van der Waals surface area contributed by atoms with Crippen LogP contribution in [0.3, 0.4) is 0 Å². The lowest BCUT2D eigenvalue weighted by molar-refractivity contribution is -0.140. The first kappa shape index (κ1) is 17.6. The lowest BCUT2D eigenvalue weighted by atomic mass is 10.3. The highest BCUT2D eigenvalue weighted by Gasteiger charge is 2.24. The van der Waals surface area contributed by atoms with Crippen LogP contribution in [0, 0.1) is 0 Å². The van der Waals surface area contributed by atoms with E-state index in [4.69, 9.17) is 16.3 Å². The van der Waals surface area contributed by atoms with Gasteiger partial charge in [0.05, 0.1) is 0 Å². The lowest BCUT2D eigenvalue weighted by Crippen LogP contribution is -2.42. The molecule has 1 aliphatic heterocycles. The third-order valence-electron chi connectivity index (χ3n) is 3.89. The van der Waals surface area contributed by atoms with Crippen LogP contribution in [0.5, 0.6) is 0 Å². The Balaban J connectivity index is 1.90. The lowest BCUT2D eigenvalue weighted by Gasteiger charge is -2.24. The van der Waals surface area contributed by atoms with Crippen molar-refractivity contribution in [1.82, 2.24) is 9.80 Å². The minimum Gasteiger partial charge on any atom is -0.372 e. The van der Waals surface area contributed by atoms with Crippen LogP contribution in [0.15, 0.2) is 24.3 Å². The van der Waals surface area contributed by atoms with Crippen LogP contribution >= 0.6 is 11.6 Å². The summed E-state index contributed by atoms with van der Waals surface area (Å²) in [4.78, 5) is 28.0. The molecule has 1 saturated heterocycles. The summed E-state index contributed by atoms with van der Waals surface area (Å²) in [5.74, 6) is -0.0348. The van der Waals surface area contributed by atoms with Crippen molar-refractivity contribution in [3.63, 3.8) is 0 Å². The number of halogens is 1. The van der Waals surface area contributed by atoms with E-state index in [1.807, 2.05) is 0 Å². The molecule has 1 aromatic rings. The van der Waals surface area contributed by atoms with Crippen molar-refractivity contribution in [3.05, 3.63) is 29.3 Å². The molecule has 0 bridgehead atoms. The molecule has 23 heavy (non-hydrogen) atoms. The van der Waals surface area contributed by atoms with Gasteiger partial charge in [-0.2, -0.15) is 0 Å². The number of urea groups is 1. The Hall–Kier alpha value is -1.79. The van der Waals surface area contributed by atoms with E-state index in [0.29, 0.717) is 36.9 Å². The molecule has 1 N–H and O–H groups in total. The molecule has 1 aliphatic rings. The van der Waals surface area contributed by atoms with Crippen molar-refractivity contribution in [1.29, 1.82) is 0 Å². The second-order valence-corrected chi connectivity index (χ2v) is 5.92. The first-order chi connectivity index (χ1) is 11.0. The summed E-state index contributed by atoms with van der Waals surface area (Å²) in [5.41, 5.74) is 0.699. The molecule has 126 valence electrons. The van der Waals surface area contributed by atoms with E-state index in [-0.39, 0.29) is 11.9 Å². The SMILES string of the molecule is CO[C@H](C)C(=O)N1CCCN(C(=O)Nc2ccc(Cl)cc2)CC1. The molecule has 0 aromatic heterocycles. The minimum absolute atomic E-state index is 0.0348. The van der Waals surface area contributed by atoms with Crippen LogP contribution < -0.4 is 5.32 Å². The second-order valence-electron chi connectivity index (χ2n) is 5.48. The molecule has 7 heteroatoms. The van der Waals surface area contributed by atoms with Gasteiger partial charge in [0.1, 0.15) is 6.10 Å². The zero-order chi connectivity index (χ0) is 16.8. The number of benzene rings is 1. The smallest absolute Gasteiger partial charge is 0.321 e. The summed E-state index contributed by atoms with van der Waals surface area (Å²) in [6, 6.07) is 6.81. The second kappa shape index (κ2) is 8.17. The maximum atomic E-state index is 12.3. The average molecular weight is 340 g/mol. The highest BCUT2D eigenvalue weighted by molar-refractivity contribution is 6.30. The van der Waals surface area contributed by atoms with Gasteiger partial charge in [-0.3, -0.25) is 4.79 Å². The van der Waals surface area contributed by atoms with Crippen LogP contribution in [0.4, 0.5) is 10.5 Å². The van der Waals surface area contributed by atoms with E-state index >= 15 is 0 Å². The number of carbonyl (C=O) groups is 2. The predicted molar refractivity (Wildman–Crippen MR) is 89.7 cm³/mol. The molecule has 1 heterocycles. The summed E-state index contributed by atoms with van der Waals surface area (Å²) >= 11 is 5.83. The van der Waals surface area contributed by atoms with Gasteiger partial charge in [-0.1, -0.05) is 11.6 Å². The molecule has 0 spiro atoms. The van der Waals surface area contributed by atoms with E-state index < -0.39 is 6.10 Å². The van der Waals surface area contributed by atoms with Crippen molar-refractivity contribution in [2.24, 2.45) is 0 Å². The molecule has 1 fully saturated rings. The number of nitrogens with zero attached hydrogens (tertiary/aromatic N) is 2. The monoisotopic (exact) mass is 339 g/mol. The van der Waals surface area contributed by atoms with Crippen molar-refractivity contribution in [2.45, 2.75) is 19.4 Å². The number of hydrogen-bond donors (Lipinski definition) is 1. The van der Waals surface area contributed by atoms with Gasteiger partial charge >= 0.3 is 6.03 Å². The molecule has 0 radical (unpaired) electrons. The van der Waals surface area contributed by atoms with Crippen LogP contribution in [0.2, 0.25) is 5.02 Å². The van der Waals surface area contributed by atoms with Gasteiger partial charge in [-0.05, 0) is 37.6 Å². The number of amides is 3. The number of carbonyl (C=O) groups excluding carboxylic acids is 2. The Kier molecular flexibility index (Phi) is 6.24. The topological polar surface area (TPSA) is 61.9 Å². The first-order valence-corrected chi connectivity index (χ1v) is 8.02. The molecule has 1 aromatic carbocycles. The number of hydrogen-bond acceptors (Lipinski definition) is 3. The van der Waals surface area contributed by atoms with E-state index in [9.17, 15) is 9.59 Å². The fraction of sp³-hybridized carbons (Fsp3) is 0.500. The van der Waals surface area contributed by atoms with Gasteiger partial charge in [-0.25, -0.2) is 4.79 Å². The van der Waals surface area contributed by atoms with E-state index in [1.54, 1.807) is 41.0 Å². The Bertz CT molecular complexity index is 550. The van der Waals surface area contributed by atoms with Gasteiger partial charge in [0.2, 0.25) is 0 Å². The summed E-state index contributed by atoms with van der Waals surface area (Å²) in [7, 11) is 1.52. The molecular formula is C16H22ClN3O3. The number of nitrogens with one attached hydrogen (secondary N) is 1. The number of rotatable bonds is 3. The molecule has 1 atom stereocenters. The minimum atomic E-state index is -0.454. The highest BCUT2D eigenvalue weighted by Crippen LogP contribution is 2.14. The summed E-state index contributed by atoms with van der Waals surface area (Å²) in [6.45, 7) is 4.00. The highest BCUT2D eigenvalue weighted by atomic mass is 35.5. The third kappa shape index (κ3) is 4.84. The van der Waals surface area contributed by atoms with Crippen molar-refractivity contribution < 1.29 is 14.3 Å². The van der Waals surface area contributed by atoms with Crippen molar-refractivity contribution >= 4 is 29.2 Å².